The molecule has 4 rings (SSSR count). The van der Waals surface area contributed by atoms with Gasteiger partial charge in [-0.1, -0.05) is 50.1 Å². The first-order chi connectivity index (χ1) is 12.1. The molecule has 3 fully saturated rings. The van der Waals surface area contributed by atoms with Crippen LogP contribution < -0.4 is 5.32 Å². The lowest BCUT2D eigenvalue weighted by Crippen LogP contribution is -2.54. The number of urea groups is 1. The largest absolute Gasteiger partial charge is 0.326 e. The Bertz CT molecular complexity index is 662. The summed E-state index contributed by atoms with van der Waals surface area (Å²) in [5.41, 5.74) is 0.616. The van der Waals surface area contributed by atoms with E-state index in [-0.39, 0.29) is 17.9 Å². The molecule has 3 atom stereocenters. The number of carbonyl (C=O) groups excluding carboxylic acids is 2. The Morgan fingerprint density at radius 3 is 2.68 bits per heavy atom. The summed E-state index contributed by atoms with van der Waals surface area (Å²) < 4.78 is 0. The van der Waals surface area contributed by atoms with Crippen LogP contribution in [0.3, 0.4) is 0 Å². The third-order valence-electron chi connectivity index (χ3n) is 6.37. The first-order valence-corrected chi connectivity index (χ1v) is 9.55. The normalized spacial score (nSPS) is 33.2. The molecule has 3 aliphatic rings. The van der Waals surface area contributed by atoms with Gasteiger partial charge in [-0.15, -0.1) is 0 Å². The van der Waals surface area contributed by atoms with Crippen LogP contribution in [0.1, 0.15) is 57.1 Å². The molecule has 25 heavy (non-hydrogen) atoms. The first-order valence-electron chi connectivity index (χ1n) is 9.55. The van der Waals surface area contributed by atoms with E-state index in [2.05, 4.69) is 41.4 Å². The molecule has 0 unspecified atom stereocenters. The number of nitrogens with one attached hydrogen (secondary N) is 1. The van der Waals surface area contributed by atoms with Crippen LogP contribution in [0.4, 0.5) is 4.79 Å². The summed E-state index contributed by atoms with van der Waals surface area (Å²) in [6, 6.07) is 10.5. The van der Waals surface area contributed by atoms with Crippen LogP contribution in [-0.4, -0.2) is 40.5 Å². The van der Waals surface area contributed by atoms with Crippen LogP contribution in [0.5, 0.6) is 0 Å². The molecule has 5 nitrogen and oxygen atoms in total. The number of hydrogen-bond donors (Lipinski definition) is 1. The Morgan fingerprint density at radius 2 is 1.92 bits per heavy atom. The summed E-state index contributed by atoms with van der Waals surface area (Å²) in [4.78, 5) is 29.5. The average Bonchev–Trinajstić information content (AvgIpc) is 3.18. The molecule has 0 aromatic heterocycles. The smallest absolute Gasteiger partial charge is 0.323 e. The molecule has 1 aliphatic carbocycles. The SMILES string of the molecule is C[C@@H]1CCCC[C@@]12NC(=O)N(CN1CCC[C@H]1c1ccccc1)C2=O. The maximum Gasteiger partial charge on any atom is 0.326 e. The second kappa shape index (κ2) is 6.45. The maximum atomic E-state index is 13.2. The molecule has 3 amide bonds. The van der Waals surface area contributed by atoms with Crippen LogP contribution in [0, 0.1) is 5.92 Å². The minimum absolute atomic E-state index is 0.0107. The van der Waals surface area contributed by atoms with Gasteiger partial charge >= 0.3 is 6.03 Å². The lowest BCUT2D eigenvalue weighted by Gasteiger charge is -2.37. The van der Waals surface area contributed by atoms with Crippen molar-refractivity contribution in [2.45, 2.75) is 57.0 Å². The highest BCUT2D eigenvalue weighted by atomic mass is 16.2. The Labute approximate surface area is 149 Å². The molecule has 1 spiro atoms. The van der Waals surface area contributed by atoms with E-state index >= 15 is 0 Å². The van der Waals surface area contributed by atoms with Crippen molar-refractivity contribution in [1.29, 1.82) is 0 Å². The summed E-state index contributed by atoms with van der Waals surface area (Å²) in [7, 11) is 0. The van der Waals surface area contributed by atoms with Crippen LogP contribution in [0.15, 0.2) is 30.3 Å². The van der Waals surface area contributed by atoms with E-state index in [9.17, 15) is 9.59 Å². The number of hydrogen-bond acceptors (Lipinski definition) is 3. The van der Waals surface area contributed by atoms with Crippen molar-refractivity contribution in [3.8, 4) is 0 Å². The minimum atomic E-state index is -0.655. The summed E-state index contributed by atoms with van der Waals surface area (Å²) in [6.07, 6.45) is 6.13. The number of carbonyl (C=O) groups is 2. The van der Waals surface area contributed by atoms with Gasteiger partial charge in [-0.05, 0) is 37.2 Å². The van der Waals surface area contributed by atoms with E-state index in [1.807, 2.05) is 6.07 Å². The Balaban J connectivity index is 1.52. The van der Waals surface area contributed by atoms with Gasteiger partial charge in [0.25, 0.3) is 5.91 Å². The fourth-order valence-electron chi connectivity index (χ4n) is 4.85. The number of benzene rings is 1. The number of nitrogens with zero attached hydrogens (tertiary/aromatic N) is 2. The summed E-state index contributed by atoms with van der Waals surface area (Å²) in [5.74, 6) is 0.203. The lowest BCUT2D eigenvalue weighted by atomic mass is 9.73. The van der Waals surface area contributed by atoms with Crippen molar-refractivity contribution in [2.24, 2.45) is 5.92 Å². The van der Waals surface area contributed by atoms with E-state index in [1.165, 1.54) is 10.5 Å². The number of likely N-dealkylation sites (tertiary alicyclic amines) is 1. The molecular weight excluding hydrogens is 314 g/mol. The van der Waals surface area contributed by atoms with Crippen molar-refractivity contribution in [2.75, 3.05) is 13.2 Å². The molecule has 2 saturated heterocycles. The maximum absolute atomic E-state index is 13.2. The molecule has 2 aliphatic heterocycles. The van der Waals surface area contributed by atoms with Crippen molar-refractivity contribution in [1.82, 2.24) is 15.1 Å². The average molecular weight is 341 g/mol. The van der Waals surface area contributed by atoms with Crippen LogP contribution in [-0.2, 0) is 4.79 Å². The number of amides is 3. The second-order valence-electron chi connectivity index (χ2n) is 7.80. The quantitative estimate of drug-likeness (QED) is 0.859. The number of imide groups is 1. The summed E-state index contributed by atoms with van der Waals surface area (Å²) in [5, 5.41) is 3.06. The van der Waals surface area contributed by atoms with Crippen LogP contribution in [0.2, 0.25) is 0 Å². The van der Waals surface area contributed by atoms with Gasteiger partial charge in [-0.25, -0.2) is 9.69 Å². The zero-order chi connectivity index (χ0) is 17.4. The van der Waals surface area contributed by atoms with Crippen LogP contribution >= 0.6 is 0 Å². The van der Waals surface area contributed by atoms with Gasteiger partial charge in [0.1, 0.15) is 5.54 Å². The molecule has 1 saturated carbocycles. The predicted molar refractivity (Wildman–Crippen MR) is 95.7 cm³/mol. The highest BCUT2D eigenvalue weighted by Crippen LogP contribution is 2.39. The molecule has 0 bridgehead atoms. The monoisotopic (exact) mass is 341 g/mol. The standard InChI is InChI=1S/C20H27N3O2/c1-15-8-5-6-12-20(15)18(24)23(19(25)21-20)14-22-13-7-11-17(22)16-9-3-2-4-10-16/h2-4,9-10,15,17H,5-8,11-14H2,1H3,(H,21,25)/t15-,17+,20-/m1/s1. The Morgan fingerprint density at radius 1 is 1.12 bits per heavy atom. The van der Waals surface area contributed by atoms with Gasteiger partial charge in [0.2, 0.25) is 0 Å². The van der Waals surface area contributed by atoms with E-state index in [1.54, 1.807) is 0 Å². The topological polar surface area (TPSA) is 52.7 Å². The molecule has 0 radical (unpaired) electrons. The van der Waals surface area contributed by atoms with E-state index in [0.717, 1.165) is 45.1 Å². The van der Waals surface area contributed by atoms with Gasteiger partial charge in [-0.2, -0.15) is 0 Å². The third-order valence-corrected chi connectivity index (χ3v) is 6.37. The predicted octanol–water partition coefficient (Wildman–Crippen LogP) is 3.28. The van der Waals surface area contributed by atoms with E-state index < -0.39 is 5.54 Å². The molecule has 134 valence electrons. The fourth-order valence-corrected chi connectivity index (χ4v) is 4.85. The third kappa shape index (κ3) is 2.74. The molecule has 1 aromatic carbocycles. The van der Waals surface area contributed by atoms with Crippen LogP contribution in [0.25, 0.3) is 0 Å². The second-order valence-corrected chi connectivity index (χ2v) is 7.80. The van der Waals surface area contributed by atoms with E-state index in [0.29, 0.717) is 12.7 Å². The Hall–Kier alpha value is -1.88. The van der Waals surface area contributed by atoms with Crippen molar-refractivity contribution < 1.29 is 9.59 Å². The molecule has 2 heterocycles. The summed E-state index contributed by atoms with van der Waals surface area (Å²) in [6.45, 7) is 3.43. The molecule has 5 heteroatoms. The van der Waals surface area contributed by atoms with Crippen molar-refractivity contribution >= 4 is 11.9 Å². The van der Waals surface area contributed by atoms with E-state index in [4.69, 9.17) is 0 Å². The first kappa shape index (κ1) is 16.6. The molecule has 1 N–H and O–H groups in total. The lowest BCUT2D eigenvalue weighted by molar-refractivity contribution is -0.135. The number of rotatable bonds is 3. The fraction of sp³-hybridized carbons (Fsp3) is 0.600. The zero-order valence-electron chi connectivity index (χ0n) is 14.9. The van der Waals surface area contributed by atoms with Gasteiger partial charge < -0.3 is 5.32 Å². The molecule has 1 aromatic rings. The zero-order valence-corrected chi connectivity index (χ0v) is 14.9. The van der Waals surface area contributed by atoms with Gasteiger partial charge in [0.05, 0.1) is 6.67 Å². The van der Waals surface area contributed by atoms with Gasteiger partial charge in [0, 0.05) is 12.6 Å². The van der Waals surface area contributed by atoms with Gasteiger partial charge in [-0.3, -0.25) is 9.69 Å². The van der Waals surface area contributed by atoms with Crippen molar-refractivity contribution in [3.63, 3.8) is 0 Å². The Kier molecular flexibility index (Phi) is 4.28. The summed E-state index contributed by atoms with van der Waals surface area (Å²) >= 11 is 0. The minimum Gasteiger partial charge on any atom is -0.323 e. The van der Waals surface area contributed by atoms with Crippen molar-refractivity contribution in [3.05, 3.63) is 35.9 Å². The highest BCUT2D eigenvalue weighted by molar-refractivity contribution is 6.07. The van der Waals surface area contributed by atoms with Gasteiger partial charge in [0.15, 0.2) is 0 Å². The highest BCUT2D eigenvalue weighted by Gasteiger charge is 2.55. The molecular formula is C20H27N3O2.